The van der Waals surface area contributed by atoms with Gasteiger partial charge in [-0.3, -0.25) is 14.8 Å². The summed E-state index contributed by atoms with van der Waals surface area (Å²) < 4.78 is 13.6. The number of rotatable bonds is 3. The molecule has 0 aromatic heterocycles. The molecule has 148 valence electrons. The largest absolute Gasteiger partial charge is 0.385 e. The summed E-state index contributed by atoms with van der Waals surface area (Å²) in [6, 6.07) is 0.323. The Morgan fingerprint density at radius 1 is 1.41 bits per heavy atom. The maximum atomic E-state index is 13.6. The van der Waals surface area contributed by atoms with Crippen LogP contribution in [0.1, 0.15) is 13.3 Å². The van der Waals surface area contributed by atoms with E-state index in [-0.39, 0.29) is 31.1 Å². The molecule has 27 heavy (non-hydrogen) atoms. The summed E-state index contributed by atoms with van der Waals surface area (Å²) in [5.74, 6) is -0.326. The first-order chi connectivity index (χ1) is 13.0. The molecular weight excluding hydrogens is 351 g/mol. The van der Waals surface area contributed by atoms with Crippen LogP contribution in [0.2, 0.25) is 0 Å². The van der Waals surface area contributed by atoms with Gasteiger partial charge in [0.1, 0.15) is 17.9 Å². The molecule has 5 unspecified atom stereocenters. The molecule has 0 spiro atoms. The summed E-state index contributed by atoms with van der Waals surface area (Å²) >= 11 is 0. The maximum Gasteiger partial charge on any atom is 0.237 e. The molecule has 0 aromatic rings. The van der Waals surface area contributed by atoms with Crippen LogP contribution in [-0.4, -0.2) is 67.4 Å². The van der Waals surface area contributed by atoms with Gasteiger partial charge in [0.2, 0.25) is 5.91 Å². The maximum absolute atomic E-state index is 13.6. The molecule has 1 saturated heterocycles. The van der Waals surface area contributed by atoms with Crippen LogP contribution in [0.15, 0.2) is 28.7 Å². The average molecular weight is 378 g/mol. The second kappa shape index (κ2) is 7.45. The van der Waals surface area contributed by atoms with Gasteiger partial charge < -0.3 is 27.0 Å². The van der Waals surface area contributed by atoms with Crippen molar-refractivity contribution in [3.05, 3.63) is 23.7 Å². The zero-order valence-electron chi connectivity index (χ0n) is 15.3. The summed E-state index contributed by atoms with van der Waals surface area (Å²) in [7, 11) is 0. The number of aliphatic imine (C=N–C) groups is 1. The van der Waals surface area contributed by atoms with Crippen molar-refractivity contribution in [1.82, 2.24) is 31.7 Å². The van der Waals surface area contributed by atoms with Crippen molar-refractivity contribution < 1.29 is 9.18 Å². The average Bonchev–Trinajstić information content (AvgIpc) is 2.97. The number of carbonyl (C=O) groups excluding carboxylic acids is 1. The van der Waals surface area contributed by atoms with Crippen molar-refractivity contribution in [2.75, 3.05) is 26.2 Å². The number of alkyl halides is 1. The van der Waals surface area contributed by atoms with E-state index in [0.717, 1.165) is 18.7 Å². The van der Waals surface area contributed by atoms with Gasteiger partial charge in [0.05, 0.1) is 25.3 Å². The summed E-state index contributed by atoms with van der Waals surface area (Å²) in [5, 5.41) is 14.6. The highest BCUT2D eigenvalue weighted by atomic mass is 19.1. The molecule has 0 bridgehead atoms. The molecule has 5 atom stereocenters. The Morgan fingerprint density at radius 2 is 2.22 bits per heavy atom. The number of halogens is 1. The van der Waals surface area contributed by atoms with E-state index in [1.807, 2.05) is 12.4 Å². The molecule has 7 N–H and O–H groups in total. The predicted molar refractivity (Wildman–Crippen MR) is 99.8 cm³/mol. The minimum absolute atomic E-state index is 0.0705. The molecule has 0 aliphatic carbocycles. The van der Waals surface area contributed by atoms with Gasteiger partial charge in [-0.2, -0.15) is 0 Å². The van der Waals surface area contributed by atoms with Crippen molar-refractivity contribution in [1.29, 1.82) is 0 Å². The quantitative estimate of drug-likeness (QED) is 0.344. The van der Waals surface area contributed by atoms with Crippen molar-refractivity contribution >= 4 is 11.7 Å². The SMILES string of the molecule is CC1NC=CNC1C1=C(NC(=O)C2C3=NCC(F)CN3NC2N)CNCC1. The Kier molecular flexibility index (Phi) is 5.02. The lowest BCUT2D eigenvalue weighted by atomic mass is 9.92. The Morgan fingerprint density at radius 3 is 3.04 bits per heavy atom. The normalized spacial score (nSPS) is 35.9. The number of nitrogens with one attached hydrogen (secondary N) is 5. The van der Waals surface area contributed by atoms with E-state index in [0.29, 0.717) is 12.4 Å². The van der Waals surface area contributed by atoms with Crippen LogP contribution in [0.3, 0.4) is 0 Å². The van der Waals surface area contributed by atoms with Gasteiger partial charge in [0.15, 0.2) is 0 Å². The van der Waals surface area contributed by atoms with Crippen LogP contribution in [0, 0.1) is 5.92 Å². The molecule has 1 fully saturated rings. The van der Waals surface area contributed by atoms with Gasteiger partial charge in [-0.25, -0.2) is 9.82 Å². The number of hydrazine groups is 1. The van der Waals surface area contributed by atoms with E-state index >= 15 is 0 Å². The third-order valence-corrected chi connectivity index (χ3v) is 5.46. The third-order valence-electron chi connectivity index (χ3n) is 5.46. The van der Waals surface area contributed by atoms with Crippen molar-refractivity contribution in [3.8, 4) is 0 Å². The molecular formula is C17H27FN8O. The van der Waals surface area contributed by atoms with Gasteiger partial charge >= 0.3 is 0 Å². The van der Waals surface area contributed by atoms with Crippen LogP contribution in [-0.2, 0) is 4.79 Å². The first-order valence-electron chi connectivity index (χ1n) is 9.43. The summed E-state index contributed by atoms with van der Waals surface area (Å²) in [4.78, 5) is 17.3. The molecule has 4 aliphatic rings. The second-order valence-electron chi connectivity index (χ2n) is 7.39. The van der Waals surface area contributed by atoms with Gasteiger partial charge in [-0.1, -0.05) is 0 Å². The molecule has 9 nitrogen and oxygen atoms in total. The van der Waals surface area contributed by atoms with Crippen LogP contribution >= 0.6 is 0 Å². The highest BCUT2D eigenvalue weighted by Gasteiger charge is 2.44. The summed E-state index contributed by atoms with van der Waals surface area (Å²) in [6.45, 7) is 3.79. The minimum atomic E-state index is -1.05. The number of nitrogens with two attached hydrogens (primary N) is 1. The van der Waals surface area contributed by atoms with Gasteiger partial charge in [0, 0.05) is 30.7 Å². The molecule has 0 aromatic carbocycles. The number of amidine groups is 1. The second-order valence-corrected chi connectivity index (χ2v) is 7.39. The Labute approximate surface area is 157 Å². The third kappa shape index (κ3) is 3.52. The Bertz CT molecular complexity index is 692. The standard InChI is InChI=1S/C17H27FN8O/c1-9-14(22-5-4-21-9)11-2-3-20-7-12(11)24-17(27)13-15(19)25-26-8-10(18)6-23-16(13)26/h4-5,9-10,13-15,20-22,25H,2-3,6-8,19H2,1H3,(H,24,27). The fraction of sp³-hybridized carbons (Fsp3) is 0.647. The number of hydrogen-bond donors (Lipinski definition) is 6. The number of amides is 1. The zero-order valence-corrected chi connectivity index (χ0v) is 15.3. The molecule has 4 rings (SSSR count). The minimum Gasteiger partial charge on any atom is -0.385 e. The smallest absolute Gasteiger partial charge is 0.237 e. The van der Waals surface area contributed by atoms with E-state index in [1.165, 1.54) is 5.57 Å². The highest BCUT2D eigenvalue weighted by molar-refractivity contribution is 6.05. The first-order valence-corrected chi connectivity index (χ1v) is 9.43. The highest BCUT2D eigenvalue weighted by Crippen LogP contribution is 2.23. The topological polar surface area (TPSA) is 119 Å². The molecule has 0 saturated carbocycles. The van der Waals surface area contributed by atoms with Gasteiger partial charge in [-0.15, -0.1) is 0 Å². The monoisotopic (exact) mass is 378 g/mol. The molecule has 10 heteroatoms. The van der Waals surface area contributed by atoms with E-state index in [2.05, 4.69) is 38.6 Å². The summed E-state index contributed by atoms with van der Waals surface area (Å²) in [5.41, 5.74) is 11.1. The van der Waals surface area contributed by atoms with Crippen molar-refractivity contribution in [3.63, 3.8) is 0 Å². The zero-order chi connectivity index (χ0) is 19.0. The molecule has 4 aliphatic heterocycles. The summed E-state index contributed by atoms with van der Waals surface area (Å²) in [6.07, 6.45) is 2.95. The van der Waals surface area contributed by atoms with E-state index in [9.17, 15) is 9.18 Å². The Hall–Kier alpha value is -2.17. The number of fused-ring (bicyclic) bond motifs is 1. The van der Waals surface area contributed by atoms with E-state index in [4.69, 9.17) is 5.73 Å². The number of carbonyl (C=O) groups is 1. The molecule has 4 heterocycles. The lowest BCUT2D eigenvalue weighted by Crippen LogP contribution is -2.51. The lowest BCUT2D eigenvalue weighted by Gasteiger charge is -2.34. The fourth-order valence-corrected chi connectivity index (χ4v) is 4.10. The molecule has 0 radical (unpaired) electrons. The van der Waals surface area contributed by atoms with E-state index in [1.54, 1.807) is 5.01 Å². The van der Waals surface area contributed by atoms with Crippen LogP contribution in [0.4, 0.5) is 4.39 Å². The van der Waals surface area contributed by atoms with Gasteiger partial charge in [0.25, 0.3) is 0 Å². The lowest BCUT2D eigenvalue weighted by molar-refractivity contribution is -0.122. The fourth-order valence-electron chi connectivity index (χ4n) is 4.10. The predicted octanol–water partition coefficient (Wildman–Crippen LogP) is -1.76. The van der Waals surface area contributed by atoms with Crippen molar-refractivity contribution in [2.45, 2.75) is 37.8 Å². The Balaban J connectivity index is 1.54. The van der Waals surface area contributed by atoms with Crippen LogP contribution < -0.4 is 32.4 Å². The van der Waals surface area contributed by atoms with Gasteiger partial charge in [-0.05, 0) is 25.5 Å². The van der Waals surface area contributed by atoms with Crippen molar-refractivity contribution in [2.24, 2.45) is 16.6 Å². The first kappa shape index (κ1) is 18.2. The van der Waals surface area contributed by atoms with Crippen LogP contribution in [0.5, 0.6) is 0 Å². The van der Waals surface area contributed by atoms with E-state index < -0.39 is 18.3 Å². The molecule has 1 amide bonds. The van der Waals surface area contributed by atoms with Crippen LogP contribution in [0.25, 0.3) is 0 Å². The number of hydrogen-bond acceptors (Lipinski definition) is 8. The number of nitrogens with zero attached hydrogens (tertiary/aromatic N) is 2.